The molecular formula is C6H15BrNO2P. The Morgan fingerprint density at radius 1 is 1.64 bits per heavy atom. The summed E-state index contributed by atoms with van der Waals surface area (Å²) in [6, 6.07) is 0. The number of alkyl halides is 1. The van der Waals surface area contributed by atoms with E-state index in [4.69, 9.17) is 15.5 Å². The van der Waals surface area contributed by atoms with Crippen LogP contribution in [0, 0.1) is 0 Å². The Morgan fingerprint density at radius 2 is 2.09 bits per heavy atom. The van der Waals surface area contributed by atoms with Crippen molar-refractivity contribution in [1.82, 2.24) is 0 Å². The lowest BCUT2D eigenvalue weighted by atomic mass is 10.1. The monoisotopic (exact) mass is 243 g/mol. The molecule has 0 heterocycles. The first kappa shape index (κ1) is 11.8. The molecule has 0 rings (SSSR count). The molecule has 0 aliphatic rings. The molecule has 2 atom stereocenters. The number of nitrogens with two attached hydrogens (primary N) is 1. The van der Waals surface area contributed by atoms with Crippen molar-refractivity contribution in [3.8, 4) is 0 Å². The summed E-state index contributed by atoms with van der Waals surface area (Å²) < 4.78 is 0. The van der Waals surface area contributed by atoms with Crippen molar-refractivity contribution >= 4 is 24.3 Å². The van der Waals surface area contributed by atoms with E-state index in [0.717, 1.165) is 6.42 Å². The summed E-state index contributed by atoms with van der Waals surface area (Å²) in [7, 11) is -2.02. The smallest absolute Gasteiger partial charge is 0.186 e. The third-order valence-electron chi connectivity index (χ3n) is 1.51. The van der Waals surface area contributed by atoms with E-state index in [1.165, 1.54) is 0 Å². The molecule has 3 nitrogen and oxygen atoms in total. The van der Waals surface area contributed by atoms with Crippen LogP contribution in [0.4, 0.5) is 0 Å². The molecule has 0 aromatic heterocycles. The van der Waals surface area contributed by atoms with E-state index < -0.39 is 13.7 Å². The summed E-state index contributed by atoms with van der Waals surface area (Å²) in [5.41, 5.74) is 5.62. The first-order valence-electron chi connectivity index (χ1n) is 3.47. The lowest BCUT2D eigenvalue weighted by Crippen LogP contribution is -2.34. The van der Waals surface area contributed by atoms with Gasteiger partial charge in [0.05, 0.1) is 5.28 Å². The lowest BCUT2D eigenvalue weighted by molar-refractivity contribution is 0.412. The van der Waals surface area contributed by atoms with Gasteiger partial charge in [0.15, 0.2) is 8.38 Å². The zero-order valence-electron chi connectivity index (χ0n) is 6.79. The van der Waals surface area contributed by atoms with E-state index in [1.54, 1.807) is 6.92 Å². The lowest BCUT2D eigenvalue weighted by Gasteiger charge is -2.25. The van der Waals surface area contributed by atoms with Crippen LogP contribution in [-0.2, 0) is 0 Å². The summed E-state index contributed by atoms with van der Waals surface area (Å²) in [5, 5.41) is -0.822. The summed E-state index contributed by atoms with van der Waals surface area (Å²) in [5.74, 6) is 0. The van der Waals surface area contributed by atoms with E-state index in [-0.39, 0.29) is 0 Å². The fourth-order valence-electron chi connectivity index (χ4n) is 0.591. The molecule has 2 unspecified atom stereocenters. The van der Waals surface area contributed by atoms with Crippen LogP contribution in [-0.4, -0.2) is 19.9 Å². The quantitative estimate of drug-likeness (QED) is 0.518. The van der Waals surface area contributed by atoms with E-state index >= 15 is 0 Å². The highest BCUT2D eigenvalue weighted by atomic mass is 79.9. The minimum atomic E-state index is -2.02. The summed E-state index contributed by atoms with van der Waals surface area (Å²) in [6.07, 6.45) is 1.48. The van der Waals surface area contributed by atoms with Gasteiger partial charge in [0.25, 0.3) is 0 Å². The molecule has 11 heavy (non-hydrogen) atoms. The zero-order chi connectivity index (χ0) is 9.07. The predicted molar refractivity (Wildman–Crippen MR) is 51.6 cm³/mol. The molecule has 0 amide bonds. The molecule has 0 aliphatic heterocycles. The van der Waals surface area contributed by atoms with Gasteiger partial charge in [0.2, 0.25) is 0 Å². The van der Waals surface area contributed by atoms with Gasteiger partial charge in [0.1, 0.15) is 0 Å². The Bertz CT molecular complexity index is 119. The van der Waals surface area contributed by atoms with Crippen molar-refractivity contribution in [2.45, 2.75) is 36.8 Å². The molecule has 4 N–H and O–H groups in total. The van der Waals surface area contributed by atoms with Crippen molar-refractivity contribution in [2.75, 3.05) is 0 Å². The molecule has 68 valence electrons. The second-order valence-electron chi connectivity index (χ2n) is 2.97. The van der Waals surface area contributed by atoms with Gasteiger partial charge in [-0.3, -0.25) is 0 Å². The second-order valence-corrected chi connectivity index (χ2v) is 6.13. The molecule has 0 saturated carbocycles. The maximum absolute atomic E-state index is 8.87. The fourth-order valence-corrected chi connectivity index (χ4v) is 1.15. The van der Waals surface area contributed by atoms with Crippen LogP contribution in [0.3, 0.4) is 0 Å². The SMILES string of the molecule is CC(Br)CCC(C)(N)P(O)O. The maximum atomic E-state index is 8.87. The predicted octanol–water partition coefficient (Wildman–Crippen LogP) is 1.52. The van der Waals surface area contributed by atoms with Gasteiger partial charge in [0, 0.05) is 4.83 Å². The van der Waals surface area contributed by atoms with Gasteiger partial charge in [-0.15, -0.1) is 0 Å². The third-order valence-corrected chi connectivity index (χ3v) is 3.10. The Hall–Kier alpha value is 0.790. The molecule has 0 fully saturated rings. The number of hydrogen-bond donors (Lipinski definition) is 3. The highest BCUT2D eigenvalue weighted by Gasteiger charge is 2.27. The molecule has 0 aliphatic carbocycles. The number of halogens is 1. The maximum Gasteiger partial charge on any atom is 0.186 e. The minimum absolute atomic E-state index is 0.375. The van der Waals surface area contributed by atoms with Gasteiger partial charge in [-0.1, -0.05) is 22.9 Å². The highest BCUT2D eigenvalue weighted by molar-refractivity contribution is 9.09. The average molecular weight is 244 g/mol. The molecule has 0 spiro atoms. The standard InChI is InChI=1S/C6H15BrNO2P/c1-5(7)3-4-6(2,8)11(9)10/h5,9-10H,3-4,8H2,1-2H3. The van der Waals surface area contributed by atoms with Crippen LogP contribution in [0.2, 0.25) is 0 Å². The molecule has 0 bridgehead atoms. The fraction of sp³-hybridized carbons (Fsp3) is 1.00. The first-order chi connectivity index (χ1) is 4.86. The van der Waals surface area contributed by atoms with Crippen molar-refractivity contribution in [3.05, 3.63) is 0 Å². The summed E-state index contributed by atoms with van der Waals surface area (Å²) in [4.78, 5) is 18.1. The summed E-state index contributed by atoms with van der Waals surface area (Å²) in [6.45, 7) is 3.67. The van der Waals surface area contributed by atoms with Crippen molar-refractivity contribution < 1.29 is 9.79 Å². The zero-order valence-corrected chi connectivity index (χ0v) is 9.27. The Kier molecular flexibility index (Phi) is 5.07. The minimum Gasteiger partial charge on any atom is -0.349 e. The number of hydrogen-bond acceptors (Lipinski definition) is 3. The van der Waals surface area contributed by atoms with Crippen LogP contribution in [0.25, 0.3) is 0 Å². The molecule has 5 heteroatoms. The van der Waals surface area contributed by atoms with E-state index in [2.05, 4.69) is 15.9 Å². The van der Waals surface area contributed by atoms with E-state index in [1.807, 2.05) is 6.92 Å². The van der Waals surface area contributed by atoms with Crippen LogP contribution < -0.4 is 5.73 Å². The van der Waals surface area contributed by atoms with E-state index in [9.17, 15) is 0 Å². The molecule has 0 aromatic rings. The van der Waals surface area contributed by atoms with Gasteiger partial charge in [-0.2, -0.15) is 0 Å². The average Bonchev–Trinajstić information content (AvgIpc) is 1.84. The van der Waals surface area contributed by atoms with Crippen molar-refractivity contribution in [2.24, 2.45) is 5.73 Å². The van der Waals surface area contributed by atoms with Crippen molar-refractivity contribution in [1.29, 1.82) is 0 Å². The normalized spacial score (nSPS) is 19.9. The van der Waals surface area contributed by atoms with Crippen molar-refractivity contribution in [3.63, 3.8) is 0 Å². The summed E-state index contributed by atoms with van der Waals surface area (Å²) >= 11 is 3.36. The van der Waals surface area contributed by atoms with Gasteiger partial charge in [-0.05, 0) is 19.8 Å². The van der Waals surface area contributed by atoms with E-state index in [0.29, 0.717) is 11.2 Å². The first-order valence-corrected chi connectivity index (χ1v) is 5.63. The molecular weight excluding hydrogens is 229 g/mol. The van der Waals surface area contributed by atoms with Gasteiger partial charge in [-0.25, -0.2) is 0 Å². The van der Waals surface area contributed by atoms with Gasteiger partial charge < -0.3 is 15.5 Å². The molecule has 0 aromatic carbocycles. The van der Waals surface area contributed by atoms with Crippen LogP contribution in [0.5, 0.6) is 0 Å². The van der Waals surface area contributed by atoms with Crippen LogP contribution in [0.15, 0.2) is 0 Å². The second kappa shape index (κ2) is 4.73. The Morgan fingerprint density at radius 3 is 2.36 bits per heavy atom. The Balaban J connectivity index is 3.73. The molecule has 0 saturated heterocycles. The van der Waals surface area contributed by atoms with Crippen LogP contribution in [0.1, 0.15) is 26.7 Å². The Labute approximate surface area is 77.0 Å². The number of rotatable bonds is 4. The molecule has 0 radical (unpaired) electrons. The van der Waals surface area contributed by atoms with Crippen LogP contribution >= 0.6 is 24.3 Å². The van der Waals surface area contributed by atoms with Gasteiger partial charge >= 0.3 is 0 Å². The highest BCUT2D eigenvalue weighted by Crippen LogP contribution is 2.40. The third kappa shape index (κ3) is 5.10. The largest absolute Gasteiger partial charge is 0.349 e. The topological polar surface area (TPSA) is 66.5 Å².